The van der Waals surface area contributed by atoms with Crippen LogP contribution in [0.1, 0.15) is 13.8 Å². The first-order valence-electron chi connectivity index (χ1n) is 2.89. The molecule has 0 saturated heterocycles. The van der Waals surface area contributed by atoms with E-state index < -0.39 is 6.04 Å². The van der Waals surface area contributed by atoms with Crippen molar-refractivity contribution in [3.05, 3.63) is 0 Å². The molecule has 3 heteroatoms. The molecule has 0 fully saturated rings. The lowest BCUT2D eigenvalue weighted by Crippen LogP contribution is -2.35. The zero-order chi connectivity index (χ0) is 7.44. The lowest BCUT2D eigenvalue weighted by atomic mass is 10.0. The second-order valence-electron chi connectivity index (χ2n) is 2.32. The van der Waals surface area contributed by atoms with Gasteiger partial charge in [0.15, 0.2) is 5.78 Å². The summed E-state index contributed by atoms with van der Waals surface area (Å²) in [5, 5.41) is 6.58. The Kier molecular flexibility index (Phi) is 3.09. The molecule has 1 atom stereocenters. The third-order valence-electron chi connectivity index (χ3n) is 1.19. The lowest BCUT2D eigenvalue weighted by Gasteiger charge is -2.09. The SMILES string of the molecule is CC(C)C(N)C(=O)C=N. The van der Waals surface area contributed by atoms with Gasteiger partial charge < -0.3 is 11.1 Å². The van der Waals surface area contributed by atoms with E-state index in [1.807, 2.05) is 13.8 Å². The number of carbonyl (C=O) groups excluding carboxylic acids is 1. The Balaban J connectivity index is 3.87. The fraction of sp³-hybridized carbons (Fsp3) is 0.667. The van der Waals surface area contributed by atoms with Crippen molar-refractivity contribution in [2.45, 2.75) is 19.9 Å². The molecule has 3 N–H and O–H groups in total. The van der Waals surface area contributed by atoms with Crippen molar-refractivity contribution >= 4 is 12.0 Å². The van der Waals surface area contributed by atoms with Gasteiger partial charge in [0.25, 0.3) is 0 Å². The minimum absolute atomic E-state index is 0.124. The number of carbonyl (C=O) groups is 1. The Bertz CT molecular complexity index is 120. The number of nitrogens with one attached hydrogen (secondary N) is 1. The highest BCUT2D eigenvalue weighted by atomic mass is 16.1. The van der Waals surface area contributed by atoms with E-state index in [2.05, 4.69) is 0 Å². The molecule has 0 aromatic rings. The van der Waals surface area contributed by atoms with Gasteiger partial charge in [0.1, 0.15) is 0 Å². The van der Waals surface area contributed by atoms with E-state index in [0.717, 1.165) is 6.21 Å². The van der Waals surface area contributed by atoms with Crippen LogP contribution in [-0.2, 0) is 4.79 Å². The zero-order valence-corrected chi connectivity index (χ0v) is 5.72. The summed E-state index contributed by atoms with van der Waals surface area (Å²) in [5.74, 6) is -0.177. The monoisotopic (exact) mass is 128 g/mol. The summed E-state index contributed by atoms with van der Waals surface area (Å²) in [6.45, 7) is 3.71. The number of hydrogen-bond acceptors (Lipinski definition) is 3. The molecule has 0 aliphatic rings. The van der Waals surface area contributed by atoms with Crippen molar-refractivity contribution < 1.29 is 4.79 Å². The van der Waals surface area contributed by atoms with Gasteiger partial charge in [-0.05, 0) is 5.92 Å². The molecule has 52 valence electrons. The normalized spacial score (nSPS) is 13.3. The molecule has 0 bridgehead atoms. The van der Waals surface area contributed by atoms with Gasteiger partial charge in [-0.3, -0.25) is 4.79 Å². The van der Waals surface area contributed by atoms with Gasteiger partial charge in [-0.15, -0.1) is 0 Å². The van der Waals surface area contributed by atoms with Crippen LogP contribution in [-0.4, -0.2) is 18.0 Å². The first-order valence-corrected chi connectivity index (χ1v) is 2.89. The van der Waals surface area contributed by atoms with Gasteiger partial charge in [0.05, 0.1) is 12.3 Å². The largest absolute Gasteiger partial charge is 0.321 e. The zero-order valence-electron chi connectivity index (χ0n) is 5.72. The van der Waals surface area contributed by atoms with Crippen molar-refractivity contribution in [1.82, 2.24) is 0 Å². The van der Waals surface area contributed by atoms with Crippen LogP contribution in [0.4, 0.5) is 0 Å². The predicted octanol–water partition coefficient (Wildman–Crippen LogP) is 0.188. The molecule has 9 heavy (non-hydrogen) atoms. The molecule has 0 heterocycles. The Morgan fingerprint density at radius 1 is 1.67 bits per heavy atom. The average molecular weight is 128 g/mol. The van der Waals surface area contributed by atoms with Crippen LogP contribution in [0.5, 0.6) is 0 Å². The molecule has 0 aliphatic carbocycles. The molecule has 0 amide bonds. The molecular weight excluding hydrogens is 116 g/mol. The first-order chi connectivity index (χ1) is 4.09. The predicted molar refractivity (Wildman–Crippen MR) is 36.6 cm³/mol. The first kappa shape index (κ1) is 8.30. The maximum atomic E-state index is 10.6. The average Bonchev–Trinajstić information content (AvgIpc) is 1.84. The molecule has 0 rings (SSSR count). The molecule has 0 aliphatic heterocycles. The van der Waals surface area contributed by atoms with Crippen molar-refractivity contribution in [3.63, 3.8) is 0 Å². The topological polar surface area (TPSA) is 66.9 Å². The second-order valence-corrected chi connectivity index (χ2v) is 2.32. The van der Waals surface area contributed by atoms with Crippen LogP contribution in [0.25, 0.3) is 0 Å². The van der Waals surface area contributed by atoms with Gasteiger partial charge in [0, 0.05) is 0 Å². The fourth-order valence-corrected chi connectivity index (χ4v) is 0.425. The van der Waals surface area contributed by atoms with E-state index in [1.54, 1.807) is 0 Å². The van der Waals surface area contributed by atoms with Gasteiger partial charge in [-0.25, -0.2) is 0 Å². The van der Waals surface area contributed by atoms with Gasteiger partial charge in [0.2, 0.25) is 0 Å². The van der Waals surface area contributed by atoms with Crippen molar-refractivity contribution in [3.8, 4) is 0 Å². The Labute approximate surface area is 54.8 Å². The number of rotatable bonds is 3. The van der Waals surface area contributed by atoms with Gasteiger partial charge in [-0.2, -0.15) is 0 Å². The van der Waals surface area contributed by atoms with Crippen LogP contribution in [0, 0.1) is 11.3 Å². The summed E-state index contributed by atoms with van der Waals surface area (Å²) in [7, 11) is 0. The summed E-state index contributed by atoms with van der Waals surface area (Å²) < 4.78 is 0. The van der Waals surface area contributed by atoms with E-state index in [0.29, 0.717) is 0 Å². The van der Waals surface area contributed by atoms with Crippen LogP contribution >= 0.6 is 0 Å². The lowest BCUT2D eigenvalue weighted by molar-refractivity contribution is -0.114. The summed E-state index contributed by atoms with van der Waals surface area (Å²) in [4.78, 5) is 10.6. The minimum atomic E-state index is -0.498. The Morgan fingerprint density at radius 3 is 2.22 bits per heavy atom. The maximum Gasteiger partial charge on any atom is 0.189 e. The molecule has 3 nitrogen and oxygen atoms in total. The molecule has 1 unspecified atom stereocenters. The van der Waals surface area contributed by atoms with Crippen LogP contribution in [0.3, 0.4) is 0 Å². The summed E-state index contributed by atoms with van der Waals surface area (Å²) >= 11 is 0. The molecule has 0 aromatic heterocycles. The highest BCUT2D eigenvalue weighted by Crippen LogP contribution is 1.96. The quantitative estimate of drug-likeness (QED) is 0.533. The number of ketones is 1. The second kappa shape index (κ2) is 3.35. The molecule has 0 radical (unpaired) electrons. The number of hydrogen-bond donors (Lipinski definition) is 2. The summed E-state index contributed by atoms with van der Waals surface area (Å²) in [5.41, 5.74) is 5.37. The Hall–Kier alpha value is -0.700. The summed E-state index contributed by atoms with van der Waals surface area (Å²) in [6, 6.07) is -0.498. The highest BCUT2D eigenvalue weighted by molar-refractivity contribution is 6.28. The smallest absolute Gasteiger partial charge is 0.189 e. The maximum absolute atomic E-state index is 10.6. The van der Waals surface area contributed by atoms with E-state index in [1.165, 1.54) is 0 Å². The van der Waals surface area contributed by atoms with Gasteiger partial charge >= 0.3 is 0 Å². The van der Waals surface area contributed by atoms with E-state index >= 15 is 0 Å². The third kappa shape index (κ3) is 2.37. The standard InChI is InChI=1S/C6H12N2O/c1-4(2)6(8)5(9)3-7/h3-4,6-7H,8H2,1-2H3. The van der Waals surface area contributed by atoms with Gasteiger partial charge in [-0.1, -0.05) is 13.8 Å². The minimum Gasteiger partial charge on any atom is -0.321 e. The van der Waals surface area contributed by atoms with Crippen LogP contribution in [0.15, 0.2) is 0 Å². The van der Waals surface area contributed by atoms with E-state index in [-0.39, 0.29) is 11.7 Å². The van der Waals surface area contributed by atoms with E-state index in [9.17, 15) is 4.79 Å². The highest BCUT2D eigenvalue weighted by Gasteiger charge is 2.13. The summed E-state index contributed by atoms with van der Waals surface area (Å²) in [6.07, 6.45) is 0.769. The van der Waals surface area contributed by atoms with Crippen LogP contribution < -0.4 is 5.73 Å². The Morgan fingerprint density at radius 2 is 2.11 bits per heavy atom. The number of nitrogens with two attached hydrogens (primary N) is 1. The van der Waals surface area contributed by atoms with Crippen molar-refractivity contribution in [2.24, 2.45) is 11.7 Å². The van der Waals surface area contributed by atoms with Crippen molar-refractivity contribution in [1.29, 1.82) is 5.41 Å². The molecule has 0 spiro atoms. The molecule has 0 saturated carbocycles. The van der Waals surface area contributed by atoms with Crippen molar-refractivity contribution in [2.75, 3.05) is 0 Å². The van der Waals surface area contributed by atoms with E-state index in [4.69, 9.17) is 11.1 Å². The number of Topliss-reactive ketones (excluding diaryl/α,β-unsaturated/α-hetero) is 1. The third-order valence-corrected chi connectivity index (χ3v) is 1.19. The fourth-order valence-electron chi connectivity index (χ4n) is 0.425. The molecule has 0 aromatic carbocycles. The van der Waals surface area contributed by atoms with Crippen LogP contribution in [0.2, 0.25) is 0 Å². The molecular formula is C6H12N2O.